The van der Waals surface area contributed by atoms with Gasteiger partial charge in [0.25, 0.3) is 0 Å². The molecule has 2 fully saturated rings. The van der Waals surface area contributed by atoms with Gasteiger partial charge in [0, 0.05) is 37.1 Å². The van der Waals surface area contributed by atoms with Crippen LogP contribution in [0.25, 0.3) is 0 Å². The minimum Gasteiger partial charge on any atom is -0.337 e. The zero-order valence-electron chi connectivity index (χ0n) is 11.6. The molecule has 0 N–H and O–H groups in total. The van der Waals surface area contributed by atoms with Crippen molar-refractivity contribution in [3.05, 3.63) is 0 Å². The van der Waals surface area contributed by atoms with Crippen LogP contribution in [0.4, 0.5) is 13.2 Å². The van der Waals surface area contributed by atoms with Crippen molar-refractivity contribution in [3.63, 3.8) is 0 Å². The lowest BCUT2D eigenvalue weighted by molar-refractivity contribution is -0.150. The highest BCUT2D eigenvalue weighted by Gasteiger charge is 2.48. The molecule has 2 bridgehead atoms. The van der Waals surface area contributed by atoms with Crippen molar-refractivity contribution in [3.8, 4) is 0 Å². The predicted octanol–water partition coefficient (Wildman–Crippen LogP) is 2.41. The molecule has 0 radical (unpaired) electrons. The van der Waals surface area contributed by atoms with Crippen LogP contribution in [0.1, 0.15) is 40.0 Å². The van der Waals surface area contributed by atoms with Crippen LogP contribution in [0, 0.1) is 0 Å². The number of carbonyl (C=O) groups excluding carboxylic acids is 1. The van der Waals surface area contributed by atoms with E-state index in [1.54, 1.807) is 4.90 Å². The molecule has 0 aromatic rings. The number of halogens is 3. The molecule has 2 aliphatic heterocycles. The smallest absolute Gasteiger partial charge is 0.337 e. The molecular weight excluding hydrogens is 257 g/mol. The number of hydrogen-bond acceptors (Lipinski definition) is 2. The molecule has 3 nitrogen and oxygen atoms in total. The van der Waals surface area contributed by atoms with Crippen LogP contribution in [-0.2, 0) is 4.79 Å². The van der Waals surface area contributed by atoms with E-state index in [1.807, 2.05) is 0 Å². The number of hydrogen-bond donors (Lipinski definition) is 0. The van der Waals surface area contributed by atoms with Crippen molar-refractivity contribution >= 4 is 5.91 Å². The van der Waals surface area contributed by atoms with Gasteiger partial charge in [-0.2, -0.15) is 13.2 Å². The van der Waals surface area contributed by atoms with Gasteiger partial charge in [0.05, 0.1) is 6.42 Å². The van der Waals surface area contributed by atoms with Crippen LogP contribution < -0.4 is 0 Å². The van der Waals surface area contributed by atoms with Crippen LogP contribution in [0.5, 0.6) is 0 Å². The van der Waals surface area contributed by atoms with Crippen LogP contribution in [0.3, 0.4) is 0 Å². The first-order valence-electron chi connectivity index (χ1n) is 6.71. The Morgan fingerprint density at radius 2 is 1.79 bits per heavy atom. The Bertz CT molecular complexity index is 362. The Morgan fingerprint density at radius 1 is 1.16 bits per heavy atom. The maximum Gasteiger partial charge on any atom is 0.389 e. The van der Waals surface area contributed by atoms with Gasteiger partial charge in [-0.05, 0) is 27.2 Å². The molecule has 19 heavy (non-hydrogen) atoms. The standard InChI is InChI=1S/C13H21F3N2O/c1-12(2,3)18-8-9-6-10(18)7-17(9)11(19)4-5-13(14,15)16/h9-10H,4-8H2,1-3H3/t9-,10-/m0/s1. The van der Waals surface area contributed by atoms with Gasteiger partial charge in [0.15, 0.2) is 0 Å². The Hall–Kier alpha value is -0.780. The van der Waals surface area contributed by atoms with Gasteiger partial charge in [-0.3, -0.25) is 9.69 Å². The maximum absolute atomic E-state index is 12.1. The summed E-state index contributed by atoms with van der Waals surface area (Å²) < 4.78 is 36.4. The SMILES string of the molecule is CC(C)(C)N1C[C@@H]2C[C@H]1CN2C(=O)CCC(F)(F)F. The highest BCUT2D eigenvalue weighted by atomic mass is 19.4. The highest BCUT2D eigenvalue weighted by Crippen LogP contribution is 2.36. The van der Waals surface area contributed by atoms with E-state index in [0.717, 1.165) is 13.0 Å². The predicted molar refractivity (Wildman–Crippen MR) is 65.7 cm³/mol. The van der Waals surface area contributed by atoms with E-state index in [9.17, 15) is 18.0 Å². The zero-order valence-corrected chi connectivity index (χ0v) is 11.6. The first kappa shape index (κ1) is 14.6. The second-order valence-electron chi connectivity index (χ2n) is 6.53. The van der Waals surface area contributed by atoms with Crippen molar-refractivity contribution in [2.45, 2.75) is 63.8 Å². The summed E-state index contributed by atoms with van der Waals surface area (Å²) in [6, 6.07) is 0.407. The van der Waals surface area contributed by atoms with E-state index in [2.05, 4.69) is 25.7 Å². The lowest BCUT2D eigenvalue weighted by Crippen LogP contribution is -2.54. The van der Waals surface area contributed by atoms with Crippen molar-refractivity contribution in [1.82, 2.24) is 9.80 Å². The van der Waals surface area contributed by atoms with Crippen LogP contribution in [0.2, 0.25) is 0 Å². The number of nitrogens with zero attached hydrogens (tertiary/aromatic N) is 2. The summed E-state index contributed by atoms with van der Waals surface area (Å²) >= 11 is 0. The Labute approximate surface area is 111 Å². The minimum atomic E-state index is -4.24. The molecule has 0 aromatic heterocycles. The molecule has 0 aliphatic carbocycles. The molecule has 0 spiro atoms. The lowest BCUT2D eigenvalue weighted by Gasteiger charge is -2.42. The summed E-state index contributed by atoms with van der Waals surface area (Å²) in [7, 11) is 0. The topological polar surface area (TPSA) is 23.6 Å². The van der Waals surface area contributed by atoms with Gasteiger partial charge in [0.1, 0.15) is 0 Å². The first-order valence-corrected chi connectivity index (χ1v) is 6.71. The van der Waals surface area contributed by atoms with Gasteiger partial charge >= 0.3 is 6.18 Å². The number of likely N-dealkylation sites (tertiary alicyclic amines) is 2. The number of piperazine rings is 1. The average molecular weight is 278 g/mol. The summed E-state index contributed by atoms with van der Waals surface area (Å²) in [4.78, 5) is 15.8. The minimum absolute atomic E-state index is 0.0561. The van der Waals surface area contributed by atoms with Crippen molar-refractivity contribution in [1.29, 1.82) is 0 Å². The van der Waals surface area contributed by atoms with Gasteiger partial charge in [-0.15, -0.1) is 0 Å². The molecule has 2 rings (SSSR count). The average Bonchev–Trinajstić information content (AvgIpc) is 2.82. The third-order valence-electron chi connectivity index (χ3n) is 4.04. The fraction of sp³-hybridized carbons (Fsp3) is 0.923. The van der Waals surface area contributed by atoms with E-state index >= 15 is 0 Å². The molecule has 2 atom stereocenters. The number of alkyl halides is 3. The highest BCUT2D eigenvalue weighted by molar-refractivity contribution is 5.77. The Morgan fingerprint density at radius 3 is 2.21 bits per heavy atom. The number of fused-ring (bicyclic) bond motifs is 2. The quantitative estimate of drug-likeness (QED) is 0.774. The van der Waals surface area contributed by atoms with Crippen LogP contribution in [0.15, 0.2) is 0 Å². The van der Waals surface area contributed by atoms with Gasteiger partial charge in [0.2, 0.25) is 5.91 Å². The largest absolute Gasteiger partial charge is 0.389 e. The molecule has 6 heteroatoms. The van der Waals surface area contributed by atoms with E-state index < -0.39 is 19.0 Å². The Balaban J connectivity index is 1.89. The molecule has 2 aliphatic rings. The van der Waals surface area contributed by atoms with Crippen molar-refractivity contribution in [2.24, 2.45) is 0 Å². The fourth-order valence-electron chi connectivity index (χ4n) is 3.19. The van der Waals surface area contributed by atoms with Crippen molar-refractivity contribution < 1.29 is 18.0 Å². The summed E-state index contributed by atoms with van der Waals surface area (Å²) in [6.45, 7) is 7.75. The van der Waals surface area contributed by atoms with E-state index in [0.29, 0.717) is 12.6 Å². The first-order chi connectivity index (χ1) is 8.58. The molecule has 0 saturated carbocycles. The molecule has 1 amide bonds. The molecule has 0 unspecified atom stereocenters. The lowest BCUT2D eigenvalue weighted by atomic mass is 10.0. The molecule has 0 aromatic carbocycles. The summed E-state index contributed by atoms with van der Waals surface area (Å²) in [5, 5.41) is 0. The fourth-order valence-corrected chi connectivity index (χ4v) is 3.19. The summed E-state index contributed by atoms with van der Waals surface area (Å²) in [5.74, 6) is -0.349. The Kier molecular flexibility index (Phi) is 3.58. The second-order valence-corrected chi connectivity index (χ2v) is 6.53. The van der Waals surface area contributed by atoms with E-state index in [-0.39, 0.29) is 17.5 Å². The van der Waals surface area contributed by atoms with Crippen LogP contribution in [-0.4, -0.2) is 52.6 Å². The third kappa shape index (κ3) is 3.22. The van der Waals surface area contributed by atoms with Crippen LogP contribution >= 0.6 is 0 Å². The maximum atomic E-state index is 12.1. The van der Waals surface area contributed by atoms with E-state index in [1.165, 1.54) is 0 Å². The van der Waals surface area contributed by atoms with Gasteiger partial charge < -0.3 is 4.90 Å². The molecule has 110 valence electrons. The zero-order chi connectivity index (χ0) is 14.4. The normalized spacial score (nSPS) is 28.2. The molecule has 2 saturated heterocycles. The number of carbonyl (C=O) groups is 1. The monoisotopic (exact) mass is 278 g/mol. The molecular formula is C13H21F3N2O. The van der Waals surface area contributed by atoms with Gasteiger partial charge in [-0.1, -0.05) is 0 Å². The van der Waals surface area contributed by atoms with Gasteiger partial charge in [-0.25, -0.2) is 0 Å². The van der Waals surface area contributed by atoms with Crippen molar-refractivity contribution in [2.75, 3.05) is 13.1 Å². The number of amides is 1. The third-order valence-corrected chi connectivity index (χ3v) is 4.04. The van der Waals surface area contributed by atoms with E-state index in [4.69, 9.17) is 0 Å². The summed E-state index contributed by atoms with van der Waals surface area (Å²) in [5.41, 5.74) is 0.0561. The second kappa shape index (κ2) is 4.65. The molecule has 2 heterocycles. The summed E-state index contributed by atoms with van der Waals surface area (Å²) in [6.07, 6.45) is -4.77. The number of rotatable bonds is 2.